The molecule has 1 atom stereocenters. The highest BCUT2D eigenvalue weighted by Crippen LogP contribution is 2.17. The second-order valence-electron chi connectivity index (χ2n) is 4.08. The van der Waals surface area contributed by atoms with Crippen LogP contribution in [-0.4, -0.2) is 21.5 Å². The molecule has 0 aromatic carbocycles. The Bertz CT molecular complexity index is 625. The van der Waals surface area contributed by atoms with Crippen LogP contribution in [0.4, 0.5) is 0 Å². The summed E-state index contributed by atoms with van der Waals surface area (Å²) in [5, 5.41) is 20.8. The summed E-state index contributed by atoms with van der Waals surface area (Å²) in [6.45, 7) is 1.93. The zero-order chi connectivity index (χ0) is 13.1. The van der Waals surface area contributed by atoms with Crippen molar-refractivity contribution < 1.29 is 9.90 Å². The van der Waals surface area contributed by atoms with E-state index in [4.69, 9.17) is 5.11 Å². The Labute approximate surface area is 104 Å². The first-order valence-electron chi connectivity index (χ1n) is 5.58. The highest BCUT2D eigenvalue weighted by molar-refractivity contribution is 5.73. The zero-order valence-corrected chi connectivity index (χ0v) is 9.92. The fourth-order valence-electron chi connectivity index (χ4n) is 1.79. The summed E-state index contributed by atoms with van der Waals surface area (Å²) in [5.74, 6) is -0.905. The highest BCUT2D eigenvalue weighted by Gasteiger charge is 2.13. The number of nitrogens with zero attached hydrogens (tertiary/aromatic N) is 2. The molecule has 0 fully saturated rings. The molecule has 18 heavy (non-hydrogen) atoms. The van der Waals surface area contributed by atoms with Gasteiger partial charge in [0.05, 0.1) is 11.1 Å². The molecule has 2 aromatic heterocycles. The summed E-state index contributed by atoms with van der Waals surface area (Å²) in [4.78, 5) is 10.7. The van der Waals surface area contributed by atoms with Gasteiger partial charge in [-0.1, -0.05) is 6.07 Å². The summed E-state index contributed by atoms with van der Waals surface area (Å²) in [7, 11) is 0. The van der Waals surface area contributed by atoms with E-state index in [1.807, 2.05) is 35.0 Å². The number of aliphatic carboxylic acids is 1. The Morgan fingerprint density at radius 3 is 3.06 bits per heavy atom. The maximum atomic E-state index is 10.7. The molecule has 2 rings (SSSR count). The summed E-state index contributed by atoms with van der Waals surface area (Å²) in [6.07, 6.45) is 3.70. The van der Waals surface area contributed by atoms with Crippen LogP contribution in [0.3, 0.4) is 0 Å². The van der Waals surface area contributed by atoms with E-state index in [9.17, 15) is 10.1 Å². The first-order valence-corrected chi connectivity index (χ1v) is 5.58. The van der Waals surface area contributed by atoms with Gasteiger partial charge in [0.2, 0.25) is 0 Å². The van der Waals surface area contributed by atoms with Gasteiger partial charge in [-0.2, -0.15) is 5.26 Å². The summed E-state index contributed by atoms with van der Waals surface area (Å²) in [5.41, 5.74) is 2.22. The topological polar surface area (TPSA) is 77.5 Å². The second-order valence-corrected chi connectivity index (χ2v) is 4.08. The number of nitrogens with one attached hydrogen (secondary N) is 1. The van der Waals surface area contributed by atoms with Crippen molar-refractivity contribution in [3.05, 3.63) is 41.7 Å². The number of carboxylic acid groups (broad SMARTS) is 1. The molecular weight excluding hydrogens is 230 g/mol. The first-order chi connectivity index (χ1) is 8.63. The van der Waals surface area contributed by atoms with Crippen LogP contribution in [0.2, 0.25) is 0 Å². The highest BCUT2D eigenvalue weighted by atomic mass is 16.4. The molecule has 5 heteroatoms. The van der Waals surface area contributed by atoms with Crippen molar-refractivity contribution in [3.63, 3.8) is 0 Å². The molecule has 0 aliphatic heterocycles. The molecule has 0 amide bonds. The molecule has 0 radical (unpaired) electrons. The zero-order valence-electron chi connectivity index (χ0n) is 9.92. The standard InChI is InChI=1S/C13H13N3O2/c1-9(13(17)18)15-7-10-8-16-5-3-2-4-12(16)11(10)6-14/h2-5,8-9,15H,7H2,1H3,(H,17,18). The minimum atomic E-state index is -0.905. The van der Waals surface area contributed by atoms with Crippen LogP contribution >= 0.6 is 0 Å². The minimum absolute atomic E-state index is 0.359. The molecule has 0 spiro atoms. The summed E-state index contributed by atoms with van der Waals surface area (Å²) in [6, 6.07) is 7.14. The van der Waals surface area contributed by atoms with Crippen LogP contribution < -0.4 is 5.32 Å². The lowest BCUT2D eigenvalue weighted by Gasteiger charge is -2.07. The van der Waals surface area contributed by atoms with Gasteiger partial charge in [0, 0.05) is 24.5 Å². The molecule has 5 nitrogen and oxygen atoms in total. The minimum Gasteiger partial charge on any atom is -0.480 e. The van der Waals surface area contributed by atoms with E-state index in [-0.39, 0.29) is 0 Å². The third-order valence-electron chi connectivity index (χ3n) is 2.84. The molecule has 0 aliphatic rings. The van der Waals surface area contributed by atoms with E-state index < -0.39 is 12.0 Å². The molecule has 92 valence electrons. The van der Waals surface area contributed by atoms with Crippen LogP contribution in [0.5, 0.6) is 0 Å². The average Bonchev–Trinajstić information content (AvgIpc) is 2.73. The van der Waals surface area contributed by atoms with E-state index >= 15 is 0 Å². The third kappa shape index (κ3) is 2.19. The van der Waals surface area contributed by atoms with Gasteiger partial charge < -0.3 is 14.8 Å². The SMILES string of the molecule is CC(NCc1cn2ccccc2c1C#N)C(=O)O. The number of rotatable bonds is 4. The number of fused-ring (bicyclic) bond motifs is 1. The third-order valence-corrected chi connectivity index (χ3v) is 2.84. The maximum Gasteiger partial charge on any atom is 0.320 e. The quantitative estimate of drug-likeness (QED) is 0.850. The van der Waals surface area contributed by atoms with E-state index in [0.29, 0.717) is 12.1 Å². The molecule has 0 saturated heterocycles. The van der Waals surface area contributed by atoms with E-state index in [1.54, 1.807) is 6.92 Å². The van der Waals surface area contributed by atoms with E-state index in [1.165, 1.54) is 0 Å². The molecule has 0 saturated carbocycles. The second kappa shape index (κ2) is 4.90. The van der Waals surface area contributed by atoms with Crippen LogP contribution in [0.15, 0.2) is 30.6 Å². The van der Waals surface area contributed by atoms with Crippen LogP contribution in [0, 0.1) is 11.3 Å². The number of carboxylic acids is 1. The van der Waals surface area contributed by atoms with Gasteiger partial charge in [0.25, 0.3) is 0 Å². The molecule has 1 unspecified atom stereocenters. The smallest absolute Gasteiger partial charge is 0.320 e. The lowest BCUT2D eigenvalue weighted by atomic mass is 10.1. The molecule has 2 N–H and O–H groups in total. The summed E-state index contributed by atoms with van der Waals surface area (Å²) >= 11 is 0. The predicted molar refractivity (Wildman–Crippen MR) is 66.0 cm³/mol. The van der Waals surface area contributed by atoms with Crippen molar-refractivity contribution in [2.75, 3.05) is 0 Å². The predicted octanol–water partition coefficient (Wildman–Crippen LogP) is 1.37. The van der Waals surface area contributed by atoms with Crippen LogP contribution in [0.25, 0.3) is 5.52 Å². The van der Waals surface area contributed by atoms with Gasteiger partial charge in [-0.25, -0.2) is 0 Å². The lowest BCUT2D eigenvalue weighted by molar-refractivity contribution is -0.139. The Morgan fingerprint density at radius 1 is 1.61 bits per heavy atom. The van der Waals surface area contributed by atoms with Crippen molar-refractivity contribution >= 4 is 11.5 Å². The van der Waals surface area contributed by atoms with Gasteiger partial charge in [-0.05, 0) is 19.1 Å². The maximum absolute atomic E-state index is 10.7. The van der Waals surface area contributed by atoms with Crippen LogP contribution in [0.1, 0.15) is 18.1 Å². The molecule has 0 bridgehead atoms. The number of aromatic nitrogens is 1. The fraction of sp³-hybridized carbons (Fsp3) is 0.231. The lowest BCUT2D eigenvalue weighted by Crippen LogP contribution is -2.33. The van der Waals surface area contributed by atoms with E-state index in [0.717, 1.165) is 11.1 Å². The number of pyridine rings is 1. The van der Waals surface area contributed by atoms with Gasteiger partial charge in [-0.15, -0.1) is 0 Å². The number of nitriles is 1. The van der Waals surface area contributed by atoms with Gasteiger partial charge in [-0.3, -0.25) is 4.79 Å². The summed E-state index contributed by atoms with van der Waals surface area (Å²) < 4.78 is 1.86. The van der Waals surface area contributed by atoms with Gasteiger partial charge in [0.1, 0.15) is 12.1 Å². The Hall–Kier alpha value is -2.32. The molecule has 2 aromatic rings. The van der Waals surface area contributed by atoms with Gasteiger partial charge in [0.15, 0.2) is 0 Å². The van der Waals surface area contributed by atoms with Crippen molar-refractivity contribution in [3.8, 4) is 6.07 Å². The first kappa shape index (κ1) is 12.1. The Balaban J connectivity index is 2.28. The Kier molecular flexibility index (Phi) is 3.31. The molecular formula is C13H13N3O2. The number of carbonyl (C=O) groups is 1. The number of hydrogen-bond donors (Lipinski definition) is 2. The Morgan fingerprint density at radius 2 is 2.39 bits per heavy atom. The van der Waals surface area contributed by atoms with E-state index in [2.05, 4.69) is 11.4 Å². The monoisotopic (exact) mass is 243 g/mol. The van der Waals surface area contributed by atoms with Crippen molar-refractivity contribution in [2.24, 2.45) is 0 Å². The number of hydrogen-bond acceptors (Lipinski definition) is 3. The molecule has 0 aliphatic carbocycles. The average molecular weight is 243 g/mol. The largest absolute Gasteiger partial charge is 0.480 e. The fourth-order valence-corrected chi connectivity index (χ4v) is 1.79. The van der Waals surface area contributed by atoms with Crippen LogP contribution in [-0.2, 0) is 11.3 Å². The molecule has 2 heterocycles. The normalized spacial score (nSPS) is 12.2. The van der Waals surface area contributed by atoms with Gasteiger partial charge >= 0.3 is 5.97 Å². The van der Waals surface area contributed by atoms with Crippen molar-refractivity contribution in [1.82, 2.24) is 9.72 Å². The van der Waals surface area contributed by atoms with Crippen molar-refractivity contribution in [2.45, 2.75) is 19.5 Å². The van der Waals surface area contributed by atoms with Crippen molar-refractivity contribution in [1.29, 1.82) is 5.26 Å².